The average Bonchev–Trinajstić information content (AvgIpc) is 2.70. The van der Waals surface area contributed by atoms with E-state index in [1.165, 1.54) is 11.8 Å². The van der Waals surface area contributed by atoms with Crippen molar-refractivity contribution in [3.63, 3.8) is 0 Å². The molecule has 0 radical (unpaired) electrons. The Morgan fingerprint density at radius 1 is 1.57 bits per heavy atom. The van der Waals surface area contributed by atoms with Crippen LogP contribution in [-0.2, 0) is 0 Å². The van der Waals surface area contributed by atoms with Crippen LogP contribution < -0.4 is 0 Å². The molecule has 74 valence electrons. The molecule has 0 aliphatic heterocycles. The molecule has 1 rings (SSSR count). The Kier molecular flexibility index (Phi) is 3.73. The molecule has 0 saturated carbocycles. The van der Waals surface area contributed by atoms with E-state index in [0.29, 0.717) is 0 Å². The smallest absolute Gasteiger partial charge is 0.145 e. The molecule has 1 aromatic heterocycles. The van der Waals surface area contributed by atoms with Gasteiger partial charge in [-0.05, 0) is 25.5 Å². The summed E-state index contributed by atoms with van der Waals surface area (Å²) in [5.41, 5.74) is 0. The van der Waals surface area contributed by atoms with Gasteiger partial charge in [-0.2, -0.15) is 5.26 Å². The summed E-state index contributed by atoms with van der Waals surface area (Å²) < 4.78 is 2.16. The number of aromatic nitrogens is 1. The highest BCUT2D eigenvalue weighted by Crippen LogP contribution is 2.29. The van der Waals surface area contributed by atoms with Crippen molar-refractivity contribution in [3.8, 4) is 6.07 Å². The van der Waals surface area contributed by atoms with E-state index in [2.05, 4.69) is 6.07 Å². The average molecular weight is 224 g/mol. The topological polar surface area (TPSA) is 28.7 Å². The Morgan fingerprint density at radius 2 is 2.14 bits per heavy atom. The lowest BCUT2D eigenvalue weighted by atomic mass is 10.1. The number of thioether (sulfide) groups is 1. The van der Waals surface area contributed by atoms with Crippen molar-refractivity contribution < 1.29 is 0 Å². The zero-order valence-electron chi connectivity index (χ0n) is 8.23. The summed E-state index contributed by atoms with van der Waals surface area (Å²) in [7, 11) is 0. The molecule has 0 amide bonds. The van der Waals surface area contributed by atoms with Crippen LogP contribution in [0.1, 0.15) is 20.3 Å². The lowest BCUT2D eigenvalue weighted by molar-refractivity contribution is 0.772. The summed E-state index contributed by atoms with van der Waals surface area (Å²) in [6.45, 7) is 3.90. The van der Waals surface area contributed by atoms with E-state index in [4.69, 9.17) is 17.5 Å². The van der Waals surface area contributed by atoms with Crippen LogP contribution in [-0.4, -0.2) is 13.6 Å². The van der Waals surface area contributed by atoms with Gasteiger partial charge in [-0.25, -0.2) is 0 Å². The van der Waals surface area contributed by atoms with Crippen LogP contribution in [0.3, 0.4) is 0 Å². The molecule has 0 N–H and O–H groups in total. The highest BCUT2D eigenvalue weighted by atomic mass is 32.2. The highest BCUT2D eigenvalue weighted by Gasteiger charge is 2.24. The molecule has 0 fully saturated rings. The van der Waals surface area contributed by atoms with Gasteiger partial charge in [0.25, 0.3) is 0 Å². The minimum Gasteiger partial charge on any atom is -0.310 e. The summed E-state index contributed by atoms with van der Waals surface area (Å²) in [5, 5.41) is 8.99. The second kappa shape index (κ2) is 4.63. The molecule has 4 heteroatoms. The first-order valence-corrected chi connectivity index (χ1v) is 5.61. The van der Waals surface area contributed by atoms with E-state index in [0.717, 1.165) is 10.7 Å². The lowest BCUT2D eigenvalue weighted by Gasteiger charge is -2.18. The van der Waals surface area contributed by atoms with Crippen molar-refractivity contribution >= 4 is 28.3 Å². The van der Waals surface area contributed by atoms with Gasteiger partial charge in [0.1, 0.15) is 9.07 Å². The van der Waals surface area contributed by atoms with Crippen molar-refractivity contribution in [3.05, 3.63) is 24.5 Å². The third kappa shape index (κ3) is 2.60. The van der Waals surface area contributed by atoms with Gasteiger partial charge in [-0.15, -0.1) is 0 Å². The summed E-state index contributed by atoms with van der Waals surface area (Å²) in [6, 6.07) is 6.12. The van der Waals surface area contributed by atoms with Crippen LogP contribution in [0, 0.1) is 11.3 Å². The molecule has 0 aliphatic rings. The summed E-state index contributed by atoms with van der Waals surface area (Å²) in [5.74, 6) is 0. The van der Waals surface area contributed by atoms with Gasteiger partial charge in [0.15, 0.2) is 0 Å². The van der Waals surface area contributed by atoms with Crippen molar-refractivity contribution in [1.82, 2.24) is 4.57 Å². The van der Waals surface area contributed by atoms with Gasteiger partial charge in [0, 0.05) is 12.4 Å². The van der Waals surface area contributed by atoms with Crippen molar-refractivity contribution in [2.24, 2.45) is 0 Å². The van der Waals surface area contributed by atoms with E-state index < -0.39 is 4.75 Å². The maximum Gasteiger partial charge on any atom is 0.145 e. The van der Waals surface area contributed by atoms with Crippen molar-refractivity contribution in [2.45, 2.75) is 25.0 Å². The molecule has 0 spiro atoms. The van der Waals surface area contributed by atoms with Crippen LogP contribution in [0.25, 0.3) is 0 Å². The quantitative estimate of drug-likeness (QED) is 0.723. The fraction of sp³-hybridized carbons (Fsp3) is 0.400. The first-order valence-electron chi connectivity index (χ1n) is 4.39. The molecule has 0 bridgehead atoms. The van der Waals surface area contributed by atoms with E-state index >= 15 is 0 Å². The summed E-state index contributed by atoms with van der Waals surface area (Å²) in [6.07, 6.45) is 4.57. The van der Waals surface area contributed by atoms with Gasteiger partial charge in [-0.1, -0.05) is 30.9 Å². The Hall–Kier alpha value is -0.790. The molecule has 14 heavy (non-hydrogen) atoms. The second-order valence-electron chi connectivity index (χ2n) is 3.15. The number of hydrogen-bond acceptors (Lipinski definition) is 3. The van der Waals surface area contributed by atoms with E-state index in [1.54, 1.807) is 0 Å². The normalized spacial score (nSPS) is 14.4. The standard InChI is InChI=1S/C10H12N2S2/c1-3-10(2,8-11)14-9(13)12-6-4-5-7-12/h4-7H,3H2,1-2H3. The van der Waals surface area contributed by atoms with E-state index in [9.17, 15) is 0 Å². The largest absolute Gasteiger partial charge is 0.310 e. The monoisotopic (exact) mass is 224 g/mol. The number of nitriles is 1. The van der Waals surface area contributed by atoms with Crippen molar-refractivity contribution in [1.29, 1.82) is 5.26 Å². The summed E-state index contributed by atoms with van der Waals surface area (Å²) >= 11 is 6.67. The molecular weight excluding hydrogens is 212 g/mol. The maximum absolute atomic E-state index is 8.99. The van der Waals surface area contributed by atoms with Gasteiger partial charge >= 0.3 is 0 Å². The maximum atomic E-state index is 8.99. The fourth-order valence-corrected chi connectivity index (χ4v) is 2.35. The van der Waals surface area contributed by atoms with Crippen LogP contribution >= 0.6 is 24.0 Å². The minimum absolute atomic E-state index is 0.415. The van der Waals surface area contributed by atoms with Gasteiger partial charge in [0.2, 0.25) is 0 Å². The van der Waals surface area contributed by atoms with Gasteiger partial charge in [0.05, 0.1) is 6.07 Å². The highest BCUT2D eigenvalue weighted by molar-refractivity contribution is 8.24. The molecule has 2 nitrogen and oxygen atoms in total. The van der Waals surface area contributed by atoms with Crippen LogP contribution in [0.4, 0.5) is 0 Å². The third-order valence-electron chi connectivity index (χ3n) is 2.04. The molecule has 0 aromatic carbocycles. The first kappa shape index (κ1) is 11.3. The SMILES string of the molecule is CCC(C)(C#N)SC(=S)n1cccc1. The Balaban J connectivity index is 2.71. The Morgan fingerprint density at radius 3 is 2.57 bits per heavy atom. The fourth-order valence-electron chi connectivity index (χ4n) is 0.876. The lowest BCUT2D eigenvalue weighted by Crippen LogP contribution is -2.20. The first-order chi connectivity index (χ1) is 6.61. The molecule has 1 unspecified atom stereocenters. The van der Waals surface area contributed by atoms with Crippen LogP contribution in [0.15, 0.2) is 24.5 Å². The molecule has 0 saturated heterocycles. The van der Waals surface area contributed by atoms with E-state index in [-0.39, 0.29) is 0 Å². The molecule has 0 aliphatic carbocycles. The Labute approximate surface area is 93.9 Å². The zero-order chi connectivity index (χ0) is 10.6. The van der Waals surface area contributed by atoms with Crippen LogP contribution in [0.2, 0.25) is 0 Å². The van der Waals surface area contributed by atoms with Gasteiger partial charge < -0.3 is 4.57 Å². The second-order valence-corrected chi connectivity index (χ2v) is 5.29. The Bertz CT molecular complexity index is 351. The van der Waals surface area contributed by atoms with E-state index in [1.807, 2.05) is 42.9 Å². The van der Waals surface area contributed by atoms with Crippen molar-refractivity contribution in [2.75, 3.05) is 0 Å². The number of thiocarbonyl (C=S) groups is 1. The number of nitrogens with zero attached hydrogens (tertiary/aromatic N) is 2. The van der Waals surface area contributed by atoms with Gasteiger partial charge in [-0.3, -0.25) is 0 Å². The zero-order valence-corrected chi connectivity index (χ0v) is 9.86. The third-order valence-corrected chi connectivity index (χ3v) is 3.72. The molecular formula is C10H12N2S2. The predicted octanol–water partition coefficient (Wildman–Crippen LogP) is 3.05. The number of rotatable bonds is 2. The number of hydrogen-bond donors (Lipinski definition) is 0. The predicted molar refractivity (Wildman–Crippen MR) is 64.3 cm³/mol. The summed E-state index contributed by atoms with van der Waals surface area (Å²) in [4.78, 5) is 0. The minimum atomic E-state index is -0.415. The molecule has 1 atom stereocenters. The molecule has 1 aromatic rings. The molecule has 1 heterocycles. The van der Waals surface area contributed by atoms with Crippen LogP contribution in [0.5, 0.6) is 0 Å².